The molecule has 0 saturated carbocycles. The lowest BCUT2D eigenvalue weighted by atomic mass is 10.2. The summed E-state index contributed by atoms with van der Waals surface area (Å²) in [5.74, 6) is 3.00. The lowest BCUT2D eigenvalue weighted by Gasteiger charge is -2.09. The molecule has 0 saturated heterocycles. The van der Waals surface area contributed by atoms with Crippen LogP contribution in [0.2, 0.25) is 5.02 Å². The van der Waals surface area contributed by atoms with E-state index in [4.69, 9.17) is 25.5 Å². The van der Waals surface area contributed by atoms with Crippen molar-refractivity contribution in [3.8, 4) is 22.9 Å². The van der Waals surface area contributed by atoms with Crippen molar-refractivity contribution < 1.29 is 13.9 Å². The maximum Gasteiger partial charge on any atom is 0.325 e. The highest BCUT2D eigenvalue weighted by molar-refractivity contribution is 6.33. The number of aromatic nitrogens is 3. The van der Waals surface area contributed by atoms with Crippen molar-refractivity contribution in [2.24, 2.45) is 0 Å². The highest BCUT2D eigenvalue weighted by Crippen LogP contribution is 2.27. The largest absolute Gasteiger partial charge is 0.489 e. The highest BCUT2D eigenvalue weighted by atomic mass is 35.5. The summed E-state index contributed by atoms with van der Waals surface area (Å²) in [4.78, 5) is 4.47. The van der Waals surface area contributed by atoms with E-state index in [0.29, 0.717) is 34.8 Å². The van der Waals surface area contributed by atoms with Crippen LogP contribution in [0.15, 0.2) is 83.3 Å². The molecule has 0 bridgehead atoms. The van der Waals surface area contributed by atoms with Crippen LogP contribution < -0.4 is 9.47 Å². The minimum Gasteiger partial charge on any atom is -0.489 e. The maximum absolute atomic E-state index is 6.26. The van der Waals surface area contributed by atoms with Gasteiger partial charge in [0, 0.05) is 11.6 Å². The molecule has 0 aliphatic heterocycles. The van der Waals surface area contributed by atoms with Gasteiger partial charge in [0.1, 0.15) is 24.7 Å². The second-order valence-electron chi connectivity index (χ2n) is 7.26. The average Bonchev–Trinajstić information content (AvgIpc) is 3.36. The van der Waals surface area contributed by atoms with E-state index in [1.807, 2.05) is 85.8 Å². The average molecular weight is 446 g/mol. The van der Waals surface area contributed by atoms with Crippen LogP contribution in [-0.2, 0) is 13.2 Å². The predicted octanol–water partition coefficient (Wildman–Crippen LogP) is 6.11. The molecule has 5 aromatic rings. The topological polar surface area (TPSA) is 61.8 Å². The van der Waals surface area contributed by atoms with Gasteiger partial charge >= 0.3 is 5.84 Å². The molecule has 0 N–H and O–H groups in total. The molecular weight excluding hydrogens is 426 g/mol. The van der Waals surface area contributed by atoms with E-state index in [9.17, 15) is 0 Å². The number of hydrogen-bond donors (Lipinski definition) is 0. The van der Waals surface area contributed by atoms with Gasteiger partial charge in [0.2, 0.25) is 0 Å². The second kappa shape index (κ2) is 8.77. The molecule has 32 heavy (non-hydrogen) atoms. The lowest BCUT2D eigenvalue weighted by Crippen LogP contribution is -1.99. The summed E-state index contributed by atoms with van der Waals surface area (Å²) in [5.41, 5.74) is 2.69. The van der Waals surface area contributed by atoms with Crippen molar-refractivity contribution in [2.45, 2.75) is 20.1 Å². The van der Waals surface area contributed by atoms with E-state index in [2.05, 4.69) is 10.1 Å². The van der Waals surface area contributed by atoms with Gasteiger partial charge in [0.15, 0.2) is 11.6 Å². The van der Waals surface area contributed by atoms with Gasteiger partial charge in [0.05, 0.1) is 10.7 Å². The molecule has 2 aromatic heterocycles. The monoisotopic (exact) mass is 445 g/mol. The zero-order valence-corrected chi connectivity index (χ0v) is 18.1. The number of hydrogen-bond acceptors (Lipinski definition) is 5. The predicted molar refractivity (Wildman–Crippen MR) is 122 cm³/mol. The van der Waals surface area contributed by atoms with Crippen LogP contribution in [0.25, 0.3) is 17.2 Å². The fourth-order valence-corrected chi connectivity index (χ4v) is 3.54. The Morgan fingerprint density at radius 2 is 1.59 bits per heavy atom. The van der Waals surface area contributed by atoms with Crippen LogP contribution in [0.4, 0.5) is 0 Å². The SMILES string of the molecule is Cc1c(COc2cccc(OCc3ccccc3)c2)oc2nc(-c3ccccc3Cl)nn12. The molecule has 3 aromatic carbocycles. The van der Waals surface area contributed by atoms with Gasteiger partial charge in [-0.05, 0) is 36.8 Å². The molecule has 2 heterocycles. The van der Waals surface area contributed by atoms with Crippen LogP contribution in [0.5, 0.6) is 11.5 Å². The Morgan fingerprint density at radius 3 is 2.34 bits per heavy atom. The molecule has 0 atom stereocenters. The molecule has 6 nitrogen and oxygen atoms in total. The highest BCUT2D eigenvalue weighted by Gasteiger charge is 2.17. The summed E-state index contributed by atoms with van der Waals surface area (Å²) < 4.78 is 19.4. The van der Waals surface area contributed by atoms with Gasteiger partial charge in [-0.25, -0.2) is 0 Å². The van der Waals surface area contributed by atoms with Gasteiger partial charge in [-0.3, -0.25) is 0 Å². The van der Waals surface area contributed by atoms with Gasteiger partial charge in [-0.15, -0.1) is 5.10 Å². The van der Waals surface area contributed by atoms with E-state index in [1.54, 1.807) is 4.52 Å². The van der Waals surface area contributed by atoms with Crippen molar-refractivity contribution in [2.75, 3.05) is 0 Å². The van der Waals surface area contributed by atoms with Crippen LogP contribution in [-0.4, -0.2) is 14.6 Å². The summed E-state index contributed by atoms with van der Waals surface area (Å²) in [6.45, 7) is 2.66. The first-order valence-corrected chi connectivity index (χ1v) is 10.5. The maximum atomic E-state index is 6.26. The molecule has 7 heteroatoms. The Bertz CT molecular complexity index is 1360. The minimum atomic E-state index is 0.250. The second-order valence-corrected chi connectivity index (χ2v) is 7.67. The lowest BCUT2D eigenvalue weighted by molar-refractivity contribution is 0.267. The van der Waals surface area contributed by atoms with Crippen LogP contribution in [0.1, 0.15) is 17.0 Å². The molecule has 0 radical (unpaired) electrons. The zero-order valence-electron chi connectivity index (χ0n) is 17.4. The van der Waals surface area contributed by atoms with Gasteiger partial charge < -0.3 is 13.9 Å². The number of halogens is 1. The van der Waals surface area contributed by atoms with Gasteiger partial charge in [0.25, 0.3) is 0 Å². The van der Waals surface area contributed by atoms with E-state index >= 15 is 0 Å². The Balaban J connectivity index is 1.28. The third-order valence-electron chi connectivity index (χ3n) is 5.05. The number of ether oxygens (including phenoxy) is 2. The van der Waals surface area contributed by atoms with Crippen LogP contribution >= 0.6 is 11.6 Å². The number of benzene rings is 3. The fraction of sp³-hybridized carbons (Fsp3) is 0.120. The van der Waals surface area contributed by atoms with Gasteiger partial charge in [-0.2, -0.15) is 9.50 Å². The smallest absolute Gasteiger partial charge is 0.325 e. The molecule has 0 spiro atoms. The van der Waals surface area contributed by atoms with Gasteiger partial charge in [-0.1, -0.05) is 60.1 Å². The molecule has 160 valence electrons. The first-order chi connectivity index (χ1) is 15.7. The van der Waals surface area contributed by atoms with Crippen LogP contribution in [0.3, 0.4) is 0 Å². The molecule has 0 unspecified atom stereocenters. The molecule has 5 rings (SSSR count). The molecule has 0 aliphatic rings. The third-order valence-corrected chi connectivity index (χ3v) is 5.38. The number of rotatable bonds is 7. The molecular formula is C25H20ClN3O3. The molecule has 0 aliphatic carbocycles. The van der Waals surface area contributed by atoms with Crippen molar-refractivity contribution in [3.63, 3.8) is 0 Å². The Morgan fingerprint density at radius 1 is 0.875 bits per heavy atom. The van der Waals surface area contributed by atoms with E-state index in [-0.39, 0.29) is 6.61 Å². The fourth-order valence-electron chi connectivity index (χ4n) is 3.32. The summed E-state index contributed by atoms with van der Waals surface area (Å²) >= 11 is 6.26. The third kappa shape index (κ3) is 4.18. The number of nitrogens with zero attached hydrogens (tertiary/aromatic N) is 3. The van der Waals surface area contributed by atoms with Crippen molar-refractivity contribution >= 4 is 17.4 Å². The zero-order chi connectivity index (χ0) is 21.9. The molecule has 0 fully saturated rings. The Hall–Kier alpha value is -3.77. The normalized spacial score (nSPS) is 11.1. The summed E-state index contributed by atoms with van der Waals surface area (Å²) in [6, 6.07) is 25.0. The van der Waals surface area contributed by atoms with Crippen molar-refractivity contribution in [1.29, 1.82) is 0 Å². The van der Waals surface area contributed by atoms with E-state index in [0.717, 1.165) is 22.6 Å². The minimum absolute atomic E-state index is 0.250. The van der Waals surface area contributed by atoms with E-state index < -0.39 is 0 Å². The standard InChI is InChI=1S/C25H20ClN3O3/c1-17-23(32-25-27-24(28-29(17)25)21-12-5-6-13-22(21)26)16-31-20-11-7-10-19(14-20)30-15-18-8-3-2-4-9-18/h2-14H,15-16H2,1H3. The summed E-state index contributed by atoms with van der Waals surface area (Å²) in [6.07, 6.45) is 0. The number of fused-ring (bicyclic) bond motifs is 1. The van der Waals surface area contributed by atoms with Crippen molar-refractivity contribution in [3.05, 3.63) is 101 Å². The number of aryl methyl sites for hydroxylation is 1. The summed E-state index contributed by atoms with van der Waals surface area (Å²) in [7, 11) is 0. The van der Waals surface area contributed by atoms with E-state index in [1.165, 1.54) is 0 Å². The number of oxazole rings is 1. The Labute approximate surface area is 190 Å². The quantitative estimate of drug-likeness (QED) is 0.302. The van der Waals surface area contributed by atoms with Crippen LogP contribution in [0, 0.1) is 6.92 Å². The van der Waals surface area contributed by atoms with Crippen molar-refractivity contribution in [1.82, 2.24) is 14.6 Å². The summed E-state index contributed by atoms with van der Waals surface area (Å²) in [5, 5.41) is 5.13. The first kappa shape index (κ1) is 20.2. The first-order valence-electron chi connectivity index (χ1n) is 10.2. The molecule has 0 amide bonds. The Kier molecular flexibility index (Phi) is 5.52.